The first kappa shape index (κ1) is 36.6. The highest BCUT2D eigenvalue weighted by molar-refractivity contribution is 6.09. The third-order valence-electron chi connectivity index (χ3n) is 9.28. The summed E-state index contributed by atoms with van der Waals surface area (Å²) in [5.41, 5.74) is 2.83. The third-order valence-corrected chi connectivity index (χ3v) is 9.28. The smallest absolute Gasteiger partial charge is 0.306 e. The Labute approximate surface area is 295 Å². The summed E-state index contributed by atoms with van der Waals surface area (Å²) >= 11 is 0. The van der Waals surface area contributed by atoms with E-state index in [0.29, 0.717) is 48.6 Å². The fraction of sp³-hybridized carbons (Fsp3) is 0.513. The minimum Gasteiger partial charge on any atom is -0.497 e. The van der Waals surface area contributed by atoms with E-state index in [0.717, 1.165) is 42.6 Å². The minimum absolute atomic E-state index is 0.0121. The first-order valence-electron chi connectivity index (χ1n) is 17.5. The number of aliphatic carboxylic acids is 1. The number of esters is 1. The molecule has 2 aromatic heterocycles. The Balaban J connectivity index is 1.26. The molecule has 1 aliphatic heterocycles. The highest BCUT2D eigenvalue weighted by Gasteiger charge is 2.34. The molecule has 2 aliphatic rings. The summed E-state index contributed by atoms with van der Waals surface area (Å²) in [6, 6.07) is 14.8. The summed E-state index contributed by atoms with van der Waals surface area (Å²) in [6.07, 6.45) is 5.92. The highest BCUT2D eigenvalue weighted by Crippen LogP contribution is 2.45. The first-order valence-corrected chi connectivity index (χ1v) is 17.5. The lowest BCUT2D eigenvalue weighted by molar-refractivity contribution is -0.145. The van der Waals surface area contributed by atoms with E-state index in [9.17, 15) is 19.5 Å². The fourth-order valence-corrected chi connectivity index (χ4v) is 6.48. The molecule has 1 N–H and O–H groups in total. The molecule has 0 radical (unpaired) electrons. The number of benzene rings is 1. The number of aryl methyl sites for hydroxylation is 1. The van der Waals surface area contributed by atoms with Crippen LogP contribution in [0, 0.1) is 24.2 Å². The zero-order chi connectivity index (χ0) is 35.8. The van der Waals surface area contributed by atoms with Gasteiger partial charge >= 0.3 is 11.9 Å². The van der Waals surface area contributed by atoms with Crippen LogP contribution in [0.3, 0.4) is 0 Å². The van der Waals surface area contributed by atoms with Crippen molar-refractivity contribution < 1.29 is 33.7 Å². The molecule has 3 aromatic rings. The van der Waals surface area contributed by atoms with Crippen LogP contribution in [0.1, 0.15) is 86.8 Å². The zero-order valence-electron chi connectivity index (χ0n) is 29.9. The molecule has 11 nitrogen and oxygen atoms in total. The van der Waals surface area contributed by atoms with Crippen LogP contribution in [-0.2, 0) is 14.3 Å². The molecule has 50 heavy (non-hydrogen) atoms. The van der Waals surface area contributed by atoms with E-state index in [1.54, 1.807) is 36.4 Å². The molecule has 11 heteroatoms. The molecule has 0 bridgehead atoms. The predicted molar refractivity (Wildman–Crippen MR) is 191 cm³/mol. The monoisotopic (exact) mass is 686 g/mol. The van der Waals surface area contributed by atoms with E-state index >= 15 is 0 Å². The maximum absolute atomic E-state index is 14.3. The molecule has 1 aromatic carbocycles. The van der Waals surface area contributed by atoms with Gasteiger partial charge in [-0.2, -0.15) is 0 Å². The van der Waals surface area contributed by atoms with Crippen molar-refractivity contribution in [3.8, 4) is 11.6 Å². The van der Waals surface area contributed by atoms with Crippen LogP contribution in [0.5, 0.6) is 11.6 Å². The summed E-state index contributed by atoms with van der Waals surface area (Å²) < 4.78 is 17.3. The maximum Gasteiger partial charge on any atom is 0.306 e. The van der Waals surface area contributed by atoms with Crippen molar-refractivity contribution in [2.75, 3.05) is 49.8 Å². The second-order valence-corrected chi connectivity index (χ2v) is 14.6. The molecule has 1 atom stereocenters. The number of aromatic nitrogens is 2. The average molecular weight is 687 g/mol. The van der Waals surface area contributed by atoms with E-state index in [-0.39, 0.29) is 55.1 Å². The van der Waals surface area contributed by atoms with Gasteiger partial charge in [0.2, 0.25) is 5.88 Å². The number of hydrogen-bond donors (Lipinski definition) is 1. The number of piperidine rings is 1. The van der Waals surface area contributed by atoms with Crippen molar-refractivity contribution in [1.82, 2.24) is 9.97 Å². The molecule has 1 unspecified atom stereocenters. The minimum atomic E-state index is -0.787. The van der Waals surface area contributed by atoms with Gasteiger partial charge in [0.25, 0.3) is 5.91 Å². The largest absolute Gasteiger partial charge is 0.497 e. The van der Waals surface area contributed by atoms with Gasteiger partial charge in [0.05, 0.1) is 44.4 Å². The Kier molecular flexibility index (Phi) is 12.0. The van der Waals surface area contributed by atoms with Gasteiger partial charge in [0, 0.05) is 37.1 Å². The van der Waals surface area contributed by atoms with Crippen LogP contribution >= 0.6 is 0 Å². The molecule has 268 valence electrons. The van der Waals surface area contributed by atoms with E-state index in [1.165, 1.54) is 0 Å². The molecule has 3 heterocycles. The van der Waals surface area contributed by atoms with Gasteiger partial charge in [0.1, 0.15) is 18.2 Å². The Morgan fingerprint density at radius 2 is 1.80 bits per heavy atom. The first-order chi connectivity index (χ1) is 23.9. The average Bonchev–Trinajstić information content (AvgIpc) is 3.93. The van der Waals surface area contributed by atoms with Crippen LogP contribution in [0.2, 0.25) is 0 Å². The Bertz CT molecular complexity index is 1640. The molecule has 0 spiro atoms. The number of carboxylic acid groups (broad SMARTS) is 1. The van der Waals surface area contributed by atoms with Gasteiger partial charge in [-0.25, -0.2) is 9.97 Å². The van der Waals surface area contributed by atoms with Gasteiger partial charge in [-0.15, -0.1) is 0 Å². The quantitative estimate of drug-likeness (QED) is 0.173. The number of rotatable bonds is 15. The molecule has 5 rings (SSSR count). The molecular weight excluding hydrogens is 636 g/mol. The second-order valence-electron chi connectivity index (χ2n) is 14.6. The molecule has 1 saturated heterocycles. The molecule has 1 amide bonds. The van der Waals surface area contributed by atoms with Crippen molar-refractivity contribution in [3.05, 3.63) is 71.5 Å². The number of nitrogens with zero attached hydrogens (tertiary/aromatic N) is 4. The number of carboxylic acids is 1. The van der Waals surface area contributed by atoms with Gasteiger partial charge in [-0.05, 0) is 91.7 Å². The van der Waals surface area contributed by atoms with Crippen LogP contribution in [0.25, 0.3) is 0 Å². The standard InChI is InChI=1S/C39H50N4O7/c1-26-7-6-8-34(41-26)43(19-20-49-37(46)24-39(2,3)4)38(47)31-12-11-30(48-5)22-33(31)42-17-14-27(15-18-42)25-50-35-21-29(13-16-40-35)32(23-36(44)45)28-9-10-28/h6-8,11-13,16,21-22,27-28,32H,9-10,14-15,17-20,23-25H2,1-5H3,(H,44,45). The summed E-state index contributed by atoms with van der Waals surface area (Å²) in [6.45, 7) is 9.94. The maximum atomic E-state index is 14.3. The lowest BCUT2D eigenvalue weighted by Gasteiger charge is -2.35. The van der Waals surface area contributed by atoms with Crippen LogP contribution in [-0.4, -0.2) is 72.9 Å². The van der Waals surface area contributed by atoms with Gasteiger partial charge < -0.3 is 24.2 Å². The van der Waals surface area contributed by atoms with Crippen LogP contribution in [0.15, 0.2) is 54.7 Å². The van der Waals surface area contributed by atoms with E-state index in [4.69, 9.17) is 14.2 Å². The highest BCUT2D eigenvalue weighted by atomic mass is 16.5. The van der Waals surface area contributed by atoms with E-state index < -0.39 is 5.97 Å². The van der Waals surface area contributed by atoms with E-state index in [2.05, 4.69) is 14.9 Å². The van der Waals surface area contributed by atoms with Crippen molar-refractivity contribution in [2.24, 2.45) is 17.3 Å². The van der Waals surface area contributed by atoms with Gasteiger partial charge in [-0.3, -0.25) is 19.3 Å². The van der Waals surface area contributed by atoms with Crippen LogP contribution in [0.4, 0.5) is 11.5 Å². The summed E-state index contributed by atoms with van der Waals surface area (Å²) in [5.74, 6) is 1.02. The fourth-order valence-electron chi connectivity index (χ4n) is 6.48. The SMILES string of the molecule is COc1ccc(C(=O)N(CCOC(=O)CC(C)(C)C)c2cccc(C)n2)c(N2CCC(COc3cc(C(CC(=O)O)C4CC4)ccn3)CC2)c1. The lowest BCUT2D eigenvalue weighted by atomic mass is 9.92. The summed E-state index contributed by atoms with van der Waals surface area (Å²) in [4.78, 5) is 51.1. The van der Waals surface area contributed by atoms with Crippen molar-refractivity contribution in [1.29, 1.82) is 0 Å². The Hall–Kier alpha value is -4.67. The van der Waals surface area contributed by atoms with Crippen LogP contribution < -0.4 is 19.3 Å². The van der Waals surface area contributed by atoms with Crippen molar-refractivity contribution in [2.45, 2.75) is 72.1 Å². The number of hydrogen-bond acceptors (Lipinski definition) is 9. The molecule has 2 fully saturated rings. The van der Waals surface area contributed by atoms with Gasteiger partial charge in [-0.1, -0.05) is 26.8 Å². The predicted octanol–water partition coefficient (Wildman–Crippen LogP) is 6.68. The van der Waals surface area contributed by atoms with E-state index in [1.807, 2.05) is 58.0 Å². The number of carbonyl (C=O) groups excluding carboxylic acids is 2. The molecule has 1 aliphatic carbocycles. The van der Waals surface area contributed by atoms with Crippen molar-refractivity contribution in [3.63, 3.8) is 0 Å². The second kappa shape index (κ2) is 16.4. The number of anilines is 2. The Morgan fingerprint density at radius 3 is 2.46 bits per heavy atom. The topological polar surface area (TPSA) is 131 Å². The number of carbonyl (C=O) groups is 3. The summed E-state index contributed by atoms with van der Waals surface area (Å²) in [7, 11) is 1.61. The van der Waals surface area contributed by atoms with Gasteiger partial charge in [0.15, 0.2) is 0 Å². The lowest BCUT2D eigenvalue weighted by Crippen LogP contribution is -2.39. The normalized spacial score (nSPS) is 15.7. The number of amides is 1. The van der Waals surface area contributed by atoms with Crippen molar-refractivity contribution >= 4 is 29.4 Å². The Morgan fingerprint density at radius 1 is 1.04 bits per heavy atom. The molecule has 1 saturated carbocycles. The number of pyridine rings is 2. The number of ether oxygens (including phenoxy) is 3. The molecular formula is C39H50N4O7. The third kappa shape index (κ3) is 10.2. The summed E-state index contributed by atoms with van der Waals surface area (Å²) in [5, 5.41) is 9.42. The number of methoxy groups -OCH3 is 1. The zero-order valence-corrected chi connectivity index (χ0v) is 29.9.